The summed E-state index contributed by atoms with van der Waals surface area (Å²) in [6.45, 7) is 4.98. The minimum Gasteiger partial charge on any atom is -0.465 e. The molecule has 0 aromatic heterocycles. The van der Waals surface area contributed by atoms with Gasteiger partial charge in [-0.3, -0.25) is 4.79 Å². The van der Waals surface area contributed by atoms with Crippen LogP contribution in [0.15, 0.2) is 48.5 Å². The maximum Gasteiger partial charge on any atom is 0.407 e. The number of benzene rings is 2. The Balaban J connectivity index is 1.64. The zero-order valence-corrected chi connectivity index (χ0v) is 19.5. The first-order valence-electron chi connectivity index (χ1n) is 11.8. The van der Waals surface area contributed by atoms with E-state index in [1.54, 1.807) is 24.0 Å². The molecule has 2 aliphatic heterocycles. The number of carboxylic acid groups (broad SMARTS) is 1. The van der Waals surface area contributed by atoms with Gasteiger partial charge in [-0.2, -0.15) is 0 Å². The van der Waals surface area contributed by atoms with Gasteiger partial charge < -0.3 is 24.4 Å². The minimum absolute atomic E-state index is 0.143. The summed E-state index contributed by atoms with van der Waals surface area (Å²) in [4.78, 5) is 28.8. The molecule has 1 fully saturated rings. The highest BCUT2D eigenvalue weighted by molar-refractivity contribution is 5.82. The van der Waals surface area contributed by atoms with E-state index in [4.69, 9.17) is 9.47 Å². The number of carbonyl (C=O) groups excluding carboxylic acids is 1. The van der Waals surface area contributed by atoms with Crippen LogP contribution in [0.4, 0.5) is 9.18 Å². The smallest absolute Gasteiger partial charge is 0.407 e. The van der Waals surface area contributed by atoms with Gasteiger partial charge in [0.2, 0.25) is 0 Å². The molecule has 1 saturated heterocycles. The average molecular weight is 471 g/mol. The second-order valence-corrected chi connectivity index (χ2v) is 8.62. The molecule has 0 aliphatic carbocycles. The summed E-state index contributed by atoms with van der Waals surface area (Å²) in [5.41, 5.74) is 2.99. The van der Waals surface area contributed by atoms with E-state index in [9.17, 15) is 19.1 Å². The van der Waals surface area contributed by atoms with Gasteiger partial charge in [0, 0.05) is 26.1 Å². The van der Waals surface area contributed by atoms with Gasteiger partial charge in [0.25, 0.3) is 5.91 Å². The van der Waals surface area contributed by atoms with Crippen LogP contribution in [0.1, 0.15) is 43.0 Å². The molecule has 0 saturated carbocycles. The molecule has 0 spiro atoms. The van der Waals surface area contributed by atoms with E-state index in [2.05, 4.69) is 6.07 Å². The maximum absolute atomic E-state index is 13.8. The molecule has 2 aromatic rings. The Bertz CT molecular complexity index is 1010. The molecule has 0 bridgehead atoms. The van der Waals surface area contributed by atoms with E-state index in [1.807, 2.05) is 25.1 Å². The summed E-state index contributed by atoms with van der Waals surface area (Å²) in [5.74, 6) is -0.523. The summed E-state index contributed by atoms with van der Waals surface area (Å²) in [6, 6.07) is 13.4. The van der Waals surface area contributed by atoms with Crippen molar-refractivity contribution in [3.05, 3.63) is 71.0 Å². The van der Waals surface area contributed by atoms with Gasteiger partial charge in [-0.25, -0.2) is 9.18 Å². The third-order valence-corrected chi connectivity index (χ3v) is 6.74. The zero-order valence-electron chi connectivity index (χ0n) is 19.5. The topological polar surface area (TPSA) is 79.3 Å². The Hall–Kier alpha value is -2.97. The lowest BCUT2D eigenvalue weighted by Gasteiger charge is -2.44. The van der Waals surface area contributed by atoms with Crippen molar-refractivity contribution in [1.82, 2.24) is 9.80 Å². The Labute approximate surface area is 199 Å². The van der Waals surface area contributed by atoms with Gasteiger partial charge in [0.05, 0.1) is 18.7 Å². The van der Waals surface area contributed by atoms with Crippen molar-refractivity contribution in [2.24, 2.45) is 0 Å². The summed E-state index contributed by atoms with van der Waals surface area (Å²) in [5, 5.41) is 9.71. The highest BCUT2D eigenvalue weighted by Gasteiger charge is 2.43. The molecule has 8 heteroatoms. The van der Waals surface area contributed by atoms with Gasteiger partial charge in [-0.15, -0.1) is 0 Å². The number of hydrogen-bond donors (Lipinski definition) is 1. The number of nitrogens with zero attached hydrogens (tertiary/aromatic N) is 2. The van der Waals surface area contributed by atoms with E-state index in [0.29, 0.717) is 26.1 Å². The van der Waals surface area contributed by atoms with Gasteiger partial charge in [0.1, 0.15) is 18.0 Å². The number of halogens is 1. The van der Waals surface area contributed by atoms with Gasteiger partial charge in [-0.05, 0) is 49.1 Å². The first kappa shape index (κ1) is 24.2. The Kier molecular flexibility index (Phi) is 7.48. The van der Waals surface area contributed by atoms with Crippen LogP contribution in [0.25, 0.3) is 0 Å². The molecule has 7 nitrogen and oxygen atoms in total. The van der Waals surface area contributed by atoms with E-state index >= 15 is 0 Å². The molecule has 0 unspecified atom stereocenters. The van der Waals surface area contributed by atoms with Crippen LogP contribution in [0.5, 0.6) is 0 Å². The second-order valence-electron chi connectivity index (χ2n) is 8.62. The standard InChI is InChI=1S/C26H31FN2O5/c1-3-28(26(31)32)21-15-22(34-16-23(21)33-4-2)25(30)29-14-13-17-7-5-6-8-20(17)24(29)18-9-11-19(27)12-10-18/h5-12,21-24H,3-4,13-16H2,1-2H3,(H,31,32)/t21-,22+,23-,24-/m0/s1. The van der Waals surface area contributed by atoms with E-state index in [1.165, 1.54) is 17.0 Å². The van der Waals surface area contributed by atoms with Crippen LogP contribution >= 0.6 is 0 Å². The molecule has 182 valence electrons. The van der Waals surface area contributed by atoms with Crippen molar-refractivity contribution in [3.8, 4) is 0 Å². The zero-order chi connectivity index (χ0) is 24.2. The maximum atomic E-state index is 13.8. The SMILES string of the molecule is CCO[C@H]1CO[C@@H](C(=O)N2CCc3ccccc3[C@@H]2c2ccc(F)cc2)C[C@@H]1N(CC)C(=O)O. The van der Waals surface area contributed by atoms with Crippen molar-refractivity contribution in [2.45, 2.75) is 51.0 Å². The van der Waals surface area contributed by atoms with E-state index in [0.717, 1.165) is 16.7 Å². The third kappa shape index (κ3) is 4.79. The fourth-order valence-electron chi connectivity index (χ4n) is 5.14. The van der Waals surface area contributed by atoms with Crippen molar-refractivity contribution >= 4 is 12.0 Å². The normalized spacial score (nSPS) is 24.4. The number of carbonyl (C=O) groups is 2. The monoisotopic (exact) mass is 470 g/mol. The Morgan fingerprint density at radius 3 is 2.59 bits per heavy atom. The van der Waals surface area contributed by atoms with E-state index < -0.39 is 24.3 Å². The number of likely N-dealkylation sites (N-methyl/N-ethyl adjacent to an activating group) is 1. The predicted molar refractivity (Wildman–Crippen MR) is 124 cm³/mol. The first-order valence-corrected chi connectivity index (χ1v) is 11.8. The summed E-state index contributed by atoms with van der Waals surface area (Å²) < 4.78 is 25.4. The van der Waals surface area contributed by atoms with Crippen molar-refractivity contribution in [1.29, 1.82) is 0 Å². The Morgan fingerprint density at radius 1 is 1.18 bits per heavy atom. The van der Waals surface area contributed by atoms with Crippen LogP contribution in [0.2, 0.25) is 0 Å². The number of ether oxygens (including phenoxy) is 2. The van der Waals surface area contributed by atoms with Crippen LogP contribution in [0, 0.1) is 5.82 Å². The van der Waals surface area contributed by atoms with Crippen LogP contribution in [-0.4, -0.2) is 71.5 Å². The van der Waals surface area contributed by atoms with Crippen molar-refractivity contribution in [2.75, 3.05) is 26.3 Å². The molecular formula is C26H31FN2O5. The van der Waals surface area contributed by atoms with Gasteiger partial charge in [0.15, 0.2) is 0 Å². The lowest BCUT2D eigenvalue weighted by molar-refractivity contribution is -0.163. The second kappa shape index (κ2) is 10.5. The average Bonchev–Trinajstić information content (AvgIpc) is 2.85. The fraction of sp³-hybridized carbons (Fsp3) is 0.462. The lowest BCUT2D eigenvalue weighted by atomic mass is 9.87. The molecule has 2 aliphatic rings. The molecule has 4 rings (SSSR count). The Morgan fingerprint density at radius 2 is 1.91 bits per heavy atom. The van der Waals surface area contributed by atoms with Crippen LogP contribution in [-0.2, 0) is 20.7 Å². The molecular weight excluding hydrogens is 439 g/mol. The number of rotatable bonds is 6. The van der Waals surface area contributed by atoms with Crippen molar-refractivity contribution < 1.29 is 28.6 Å². The van der Waals surface area contributed by atoms with Crippen molar-refractivity contribution in [3.63, 3.8) is 0 Å². The largest absolute Gasteiger partial charge is 0.465 e. The fourth-order valence-corrected chi connectivity index (χ4v) is 5.14. The lowest BCUT2D eigenvalue weighted by Crippen LogP contribution is -2.57. The van der Waals surface area contributed by atoms with Crippen LogP contribution < -0.4 is 0 Å². The number of hydrogen-bond acceptors (Lipinski definition) is 4. The van der Waals surface area contributed by atoms with Gasteiger partial charge in [-0.1, -0.05) is 36.4 Å². The van der Waals surface area contributed by atoms with Crippen LogP contribution in [0.3, 0.4) is 0 Å². The molecule has 2 amide bonds. The highest BCUT2D eigenvalue weighted by Crippen LogP contribution is 2.37. The highest BCUT2D eigenvalue weighted by atomic mass is 19.1. The molecule has 2 aromatic carbocycles. The third-order valence-electron chi connectivity index (χ3n) is 6.74. The predicted octanol–water partition coefficient (Wildman–Crippen LogP) is 3.86. The summed E-state index contributed by atoms with van der Waals surface area (Å²) in [6.07, 6.45) is -1.34. The number of amides is 2. The molecule has 0 radical (unpaired) electrons. The molecule has 2 heterocycles. The number of fused-ring (bicyclic) bond motifs is 1. The first-order chi connectivity index (χ1) is 16.4. The molecule has 34 heavy (non-hydrogen) atoms. The quantitative estimate of drug-likeness (QED) is 0.694. The molecule has 4 atom stereocenters. The summed E-state index contributed by atoms with van der Waals surface area (Å²) in [7, 11) is 0. The molecule has 1 N–H and O–H groups in total. The minimum atomic E-state index is -1.04. The summed E-state index contributed by atoms with van der Waals surface area (Å²) >= 11 is 0. The van der Waals surface area contributed by atoms with Gasteiger partial charge >= 0.3 is 6.09 Å². The van der Waals surface area contributed by atoms with E-state index in [-0.39, 0.29) is 30.8 Å².